The summed E-state index contributed by atoms with van der Waals surface area (Å²) in [6, 6.07) is 17.8. The lowest BCUT2D eigenvalue weighted by Crippen LogP contribution is -2.43. The average molecular weight is 383 g/mol. The first-order valence-electron chi connectivity index (χ1n) is 10.0. The van der Waals surface area contributed by atoms with Crippen molar-refractivity contribution >= 4 is 5.91 Å². The Hall–Kier alpha value is -2.37. The monoisotopic (exact) mass is 382 g/mol. The van der Waals surface area contributed by atoms with E-state index in [-0.39, 0.29) is 11.9 Å². The number of carbonyl (C=O) groups excluding carboxylic acids is 1. The number of carbonyl (C=O) groups is 1. The molecule has 1 saturated heterocycles. The molecule has 1 fully saturated rings. The van der Waals surface area contributed by atoms with Crippen LogP contribution in [0.1, 0.15) is 35.8 Å². The Bertz CT molecular complexity index is 725. The van der Waals surface area contributed by atoms with Gasteiger partial charge in [-0.05, 0) is 35.7 Å². The van der Waals surface area contributed by atoms with Gasteiger partial charge in [-0.1, -0.05) is 44.2 Å². The molecule has 150 valence electrons. The van der Waals surface area contributed by atoms with Crippen LogP contribution in [0.3, 0.4) is 0 Å². The summed E-state index contributed by atoms with van der Waals surface area (Å²) >= 11 is 0. The first-order chi connectivity index (χ1) is 13.6. The van der Waals surface area contributed by atoms with Gasteiger partial charge >= 0.3 is 0 Å². The second kappa shape index (κ2) is 10.2. The van der Waals surface area contributed by atoms with Crippen LogP contribution in [0, 0.1) is 5.92 Å². The van der Waals surface area contributed by atoms with Crippen molar-refractivity contribution in [3.05, 3.63) is 65.7 Å². The van der Waals surface area contributed by atoms with E-state index in [9.17, 15) is 4.79 Å². The highest BCUT2D eigenvalue weighted by Gasteiger charge is 2.23. The summed E-state index contributed by atoms with van der Waals surface area (Å²) in [4.78, 5) is 15.0. The van der Waals surface area contributed by atoms with Crippen LogP contribution in [0.4, 0.5) is 0 Å². The highest BCUT2D eigenvalue weighted by Crippen LogP contribution is 2.21. The van der Waals surface area contributed by atoms with Crippen LogP contribution in [0.2, 0.25) is 0 Å². The van der Waals surface area contributed by atoms with E-state index in [2.05, 4.69) is 36.2 Å². The molecule has 0 radical (unpaired) electrons. The average Bonchev–Trinajstić information content (AvgIpc) is 2.74. The van der Waals surface area contributed by atoms with Crippen LogP contribution in [-0.4, -0.2) is 50.3 Å². The Labute approximate surface area is 167 Å². The molecule has 0 bridgehead atoms. The Balaban J connectivity index is 1.61. The van der Waals surface area contributed by atoms with E-state index < -0.39 is 0 Å². The van der Waals surface area contributed by atoms with Crippen LogP contribution < -0.4 is 10.1 Å². The minimum atomic E-state index is -0.0652. The summed E-state index contributed by atoms with van der Waals surface area (Å²) in [6.45, 7) is 8.66. The molecule has 0 spiro atoms. The first kappa shape index (κ1) is 20.4. The van der Waals surface area contributed by atoms with Crippen LogP contribution in [0.25, 0.3) is 0 Å². The quantitative estimate of drug-likeness (QED) is 0.759. The smallest absolute Gasteiger partial charge is 0.251 e. The fourth-order valence-electron chi connectivity index (χ4n) is 3.28. The van der Waals surface area contributed by atoms with Gasteiger partial charge in [0.2, 0.25) is 0 Å². The number of ether oxygens (including phenoxy) is 2. The largest absolute Gasteiger partial charge is 0.493 e. The number of nitrogens with one attached hydrogen (secondary N) is 1. The van der Waals surface area contributed by atoms with Gasteiger partial charge in [-0.3, -0.25) is 9.69 Å². The number of amides is 1. The fraction of sp³-hybridized carbons (Fsp3) is 0.435. The Morgan fingerprint density at radius 3 is 2.39 bits per heavy atom. The van der Waals surface area contributed by atoms with Crippen molar-refractivity contribution in [3.63, 3.8) is 0 Å². The molecule has 1 unspecified atom stereocenters. The molecule has 28 heavy (non-hydrogen) atoms. The zero-order valence-corrected chi connectivity index (χ0v) is 16.8. The Morgan fingerprint density at radius 2 is 1.75 bits per heavy atom. The summed E-state index contributed by atoms with van der Waals surface area (Å²) in [5.74, 6) is 1.20. The zero-order chi connectivity index (χ0) is 19.8. The van der Waals surface area contributed by atoms with Crippen molar-refractivity contribution in [2.24, 2.45) is 5.92 Å². The minimum Gasteiger partial charge on any atom is -0.493 e. The summed E-state index contributed by atoms with van der Waals surface area (Å²) < 4.78 is 11.2. The van der Waals surface area contributed by atoms with Crippen molar-refractivity contribution in [1.82, 2.24) is 10.2 Å². The van der Waals surface area contributed by atoms with E-state index in [4.69, 9.17) is 9.47 Å². The van der Waals surface area contributed by atoms with E-state index in [0.29, 0.717) is 24.6 Å². The molecule has 0 aromatic heterocycles. The maximum Gasteiger partial charge on any atom is 0.251 e. The lowest BCUT2D eigenvalue weighted by molar-refractivity contribution is 0.0162. The second-order valence-electron chi connectivity index (χ2n) is 7.51. The molecule has 2 aromatic rings. The predicted octanol–water partition coefficient (Wildman–Crippen LogP) is 3.52. The normalized spacial score (nSPS) is 16.0. The van der Waals surface area contributed by atoms with E-state index in [1.807, 2.05) is 42.5 Å². The van der Waals surface area contributed by atoms with E-state index in [0.717, 1.165) is 32.1 Å². The molecule has 1 atom stereocenters. The summed E-state index contributed by atoms with van der Waals surface area (Å²) in [7, 11) is 0. The molecular weight excluding hydrogens is 352 g/mol. The number of morpholine rings is 1. The van der Waals surface area contributed by atoms with Gasteiger partial charge in [-0.25, -0.2) is 0 Å². The van der Waals surface area contributed by atoms with Gasteiger partial charge < -0.3 is 14.8 Å². The van der Waals surface area contributed by atoms with Crippen LogP contribution >= 0.6 is 0 Å². The molecule has 1 aliphatic rings. The molecule has 0 aliphatic carbocycles. The molecule has 1 heterocycles. The van der Waals surface area contributed by atoms with Crippen molar-refractivity contribution in [2.45, 2.75) is 19.9 Å². The predicted molar refractivity (Wildman–Crippen MR) is 111 cm³/mol. The lowest BCUT2D eigenvalue weighted by atomic mass is 10.0. The van der Waals surface area contributed by atoms with Gasteiger partial charge in [0, 0.05) is 25.2 Å². The van der Waals surface area contributed by atoms with Gasteiger partial charge in [-0.2, -0.15) is 0 Å². The first-order valence-corrected chi connectivity index (χ1v) is 10.0. The van der Waals surface area contributed by atoms with Gasteiger partial charge in [-0.15, -0.1) is 0 Å². The Kier molecular flexibility index (Phi) is 7.46. The number of nitrogens with zero attached hydrogens (tertiary/aromatic N) is 1. The lowest BCUT2D eigenvalue weighted by Gasteiger charge is -2.35. The second-order valence-corrected chi connectivity index (χ2v) is 7.51. The molecule has 5 heteroatoms. The number of rotatable bonds is 8. The molecule has 5 nitrogen and oxygen atoms in total. The molecule has 2 aromatic carbocycles. The number of hydrogen-bond donors (Lipinski definition) is 1. The standard InChI is InChI=1S/C23H30N2O3/c1-18(2)17-28-21-10-8-20(9-11-21)23(26)24-16-22(19-6-4-3-5-7-19)25-12-14-27-15-13-25/h3-11,18,22H,12-17H2,1-2H3,(H,24,26). The SMILES string of the molecule is CC(C)COc1ccc(C(=O)NCC(c2ccccc2)N2CCOCC2)cc1. The van der Waals surface area contributed by atoms with Gasteiger partial charge in [0.1, 0.15) is 5.75 Å². The topological polar surface area (TPSA) is 50.8 Å². The van der Waals surface area contributed by atoms with Crippen molar-refractivity contribution in [2.75, 3.05) is 39.5 Å². The maximum atomic E-state index is 12.6. The van der Waals surface area contributed by atoms with Crippen LogP contribution in [0.15, 0.2) is 54.6 Å². The number of hydrogen-bond acceptors (Lipinski definition) is 4. The molecule has 0 saturated carbocycles. The number of benzene rings is 2. The van der Waals surface area contributed by atoms with E-state index >= 15 is 0 Å². The third-order valence-electron chi connectivity index (χ3n) is 4.83. The molecule has 1 aliphatic heterocycles. The van der Waals surface area contributed by atoms with Crippen LogP contribution in [0.5, 0.6) is 5.75 Å². The van der Waals surface area contributed by atoms with Crippen molar-refractivity contribution < 1.29 is 14.3 Å². The van der Waals surface area contributed by atoms with Gasteiger partial charge in [0.15, 0.2) is 0 Å². The highest BCUT2D eigenvalue weighted by atomic mass is 16.5. The molecule has 1 amide bonds. The summed E-state index contributed by atoms with van der Waals surface area (Å²) in [5.41, 5.74) is 1.85. The van der Waals surface area contributed by atoms with E-state index in [1.54, 1.807) is 0 Å². The fourth-order valence-corrected chi connectivity index (χ4v) is 3.28. The highest BCUT2D eigenvalue weighted by molar-refractivity contribution is 5.94. The van der Waals surface area contributed by atoms with Gasteiger partial charge in [0.05, 0.1) is 25.9 Å². The third kappa shape index (κ3) is 5.81. The van der Waals surface area contributed by atoms with Gasteiger partial charge in [0.25, 0.3) is 5.91 Å². The van der Waals surface area contributed by atoms with E-state index in [1.165, 1.54) is 5.56 Å². The van der Waals surface area contributed by atoms with Crippen LogP contribution in [-0.2, 0) is 4.74 Å². The summed E-state index contributed by atoms with van der Waals surface area (Å²) in [6.07, 6.45) is 0. The van der Waals surface area contributed by atoms with Crippen molar-refractivity contribution in [3.8, 4) is 5.75 Å². The Morgan fingerprint density at radius 1 is 1.07 bits per heavy atom. The maximum absolute atomic E-state index is 12.6. The minimum absolute atomic E-state index is 0.0652. The van der Waals surface area contributed by atoms with Crippen molar-refractivity contribution in [1.29, 1.82) is 0 Å². The molecule has 3 rings (SSSR count). The third-order valence-corrected chi connectivity index (χ3v) is 4.83. The zero-order valence-electron chi connectivity index (χ0n) is 16.8. The molecule has 1 N–H and O–H groups in total. The summed E-state index contributed by atoms with van der Waals surface area (Å²) in [5, 5.41) is 3.10. The molecular formula is C23H30N2O3.